The first-order valence-electron chi connectivity index (χ1n) is 7.62. The van der Waals surface area contributed by atoms with Gasteiger partial charge in [0.25, 0.3) is 0 Å². The van der Waals surface area contributed by atoms with Crippen LogP contribution in [-0.4, -0.2) is 30.8 Å². The van der Waals surface area contributed by atoms with E-state index < -0.39 is 12.0 Å². The van der Waals surface area contributed by atoms with Gasteiger partial charge in [0.1, 0.15) is 6.04 Å². The Hall–Kier alpha value is -1.62. The predicted octanol–water partition coefficient (Wildman–Crippen LogP) is 3.10. The molecule has 0 heterocycles. The van der Waals surface area contributed by atoms with Crippen molar-refractivity contribution in [2.75, 3.05) is 13.7 Å². The summed E-state index contributed by atoms with van der Waals surface area (Å²) in [6, 6.07) is 4.39. The van der Waals surface area contributed by atoms with Crippen molar-refractivity contribution < 1.29 is 19.0 Å². The summed E-state index contributed by atoms with van der Waals surface area (Å²) in [4.78, 5) is 11.2. The number of benzene rings is 1. The fraction of sp³-hybridized carbons (Fsp3) is 0.588. The molecule has 0 spiro atoms. The van der Waals surface area contributed by atoms with Crippen LogP contribution >= 0.6 is 0 Å². The van der Waals surface area contributed by atoms with Crippen LogP contribution in [0.1, 0.15) is 32.8 Å². The fourth-order valence-corrected chi connectivity index (χ4v) is 2.40. The van der Waals surface area contributed by atoms with E-state index in [9.17, 15) is 14.3 Å². The van der Waals surface area contributed by atoms with Crippen LogP contribution in [0.25, 0.3) is 0 Å². The molecule has 4 nitrogen and oxygen atoms in total. The number of hydrogen-bond acceptors (Lipinski definition) is 3. The Morgan fingerprint density at radius 1 is 1.36 bits per heavy atom. The zero-order chi connectivity index (χ0) is 16.7. The molecule has 1 rings (SSSR count). The summed E-state index contributed by atoms with van der Waals surface area (Å²) in [5.74, 6) is -0.432. The molecule has 2 N–H and O–H groups in total. The van der Waals surface area contributed by atoms with Crippen molar-refractivity contribution in [3.63, 3.8) is 0 Å². The second-order valence-electron chi connectivity index (χ2n) is 6.21. The molecule has 22 heavy (non-hydrogen) atoms. The molecule has 0 radical (unpaired) electrons. The molecule has 2 atom stereocenters. The quantitative estimate of drug-likeness (QED) is 0.736. The molecule has 0 aromatic heterocycles. The lowest BCUT2D eigenvalue weighted by Gasteiger charge is -2.19. The van der Waals surface area contributed by atoms with Gasteiger partial charge in [-0.05, 0) is 48.9 Å². The monoisotopic (exact) mass is 311 g/mol. The highest BCUT2D eigenvalue weighted by atomic mass is 19.1. The van der Waals surface area contributed by atoms with Gasteiger partial charge in [0.15, 0.2) is 11.6 Å². The second kappa shape index (κ2) is 8.73. The lowest BCUT2D eigenvalue weighted by molar-refractivity contribution is -0.140. The molecule has 0 bridgehead atoms. The summed E-state index contributed by atoms with van der Waals surface area (Å²) in [6.45, 7) is 6.60. The Bertz CT molecular complexity index is 491. The number of halogens is 1. The topological polar surface area (TPSA) is 58.6 Å². The summed E-state index contributed by atoms with van der Waals surface area (Å²) in [5.41, 5.74) is 0.878. The van der Waals surface area contributed by atoms with Gasteiger partial charge in [-0.2, -0.15) is 0 Å². The third kappa shape index (κ3) is 6.02. The smallest absolute Gasteiger partial charge is 0.320 e. The highest BCUT2D eigenvalue weighted by Crippen LogP contribution is 2.19. The first kappa shape index (κ1) is 18.4. The SMILES string of the molecule is COc1ccc(CC(C)CN[C@H](CC(C)C)C(=O)O)cc1F. The van der Waals surface area contributed by atoms with Gasteiger partial charge < -0.3 is 15.2 Å². The number of carbonyl (C=O) groups is 1. The van der Waals surface area contributed by atoms with Gasteiger partial charge in [-0.3, -0.25) is 4.79 Å². The van der Waals surface area contributed by atoms with E-state index in [1.54, 1.807) is 6.07 Å². The average Bonchev–Trinajstić information content (AvgIpc) is 2.43. The Labute approximate surface area is 131 Å². The summed E-state index contributed by atoms with van der Waals surface area (Å²) in [6.07, 6.45) is 1.28. The van der Waals surface area contributed by atoms with Crippen molar-refractivity contribution in [2.24, 2.45) is 11.8 Å². The molecule has 124 valence electrons. The zero-order valence-electron chi connectivity index (χ0n) is 13.7. The van der Waals surface area contributed by atoms with Crippen molar-refractivity contribution in [1.29, 1.82) is 0 Å². The molecule has 0 aliphatic heterocycles. The fourth-order valence-electron chi connectivity index (χ4n) is 2.40. The van der Waals surface area contributed by atoms with Gasteiger partial charge in [0, 0.05) is 0 Å². The third-order valence-corrected chi connectivity index (χ3v) is 3.52. The van der Waals surface area contributed by atoms with E-state index in [-0.39, 0.29) is 17.5 Å². The largest absolute Gasteiger partial charge is 0.494 e. The third-order valence-electron chi connectivity index (χ3n) is 3.52. The number of aliphatic carboxylic acids is 1. The number of carboxylic acid groups (broad SMARTS) is 1. The van der Waals surface area contributed by atoms with Crippen molar-refractivity contribution in [1.82, 2.24) is 5.32 Å². The maximum Gasteiger partial charge on any atom is 0.320 e. The molecule has 0 aliphatic carbocycles. The van der Waals surface area contributed by atoms with Crippen LogP contribution in [0.5, 0.6) is 5.75 Å². The molecule has 0 aliphatic rings. The summed E-state index contributed by atoms with van der Waals surface area (Å²) < 4.78 is 18.5. The minimum absolute atomic E-state index is 0.210. The molecule has 0 amide bonds. The Balaban J connectivity index is 2.53. The second-order valence-corrected chi connectivity index (χ2v) is 6.21. The number of carboxylic acids is 1. The Kier molecular flexibility index (Phi) is 7.32. The van der Waals surface area contributed by atoms with Gasteiger partial charge in [-0.25, -0.2) is 4.39 Å². The van der Waals surface area contributed by atoms with Crippen LogP contribution in [0.3, 0.4) is 0 Å². The normalized spacial score (nSPS) is 13.9. The van der Waals surface area contributed by atoms with E-state index in [1.807, 2.05) is 26.8 Å². The van der Waals surface area contributed by atoms with Crippen LogP contribution in [0.15, 0.2) is 18.2 Å². The molecule has 0 fully saturated rings. The number of ether oxygens (including phenoxy) is 1. The number of rotatable bonds is 9. The van der Waals surface area contributed by atoms with Crippen molar-refractivity contribution in [3.8, 4) is 5.75 Å². The molecule has 0 saturated heterocycles. The van der Waals surface area contributed by atoms with Gasteiger partial charge in [0.05, 0.1) is 7.11 Å². The number of hydrogen-bond donors (Lipinski definition) is 2. The van der Waals surface area contributed by atoms with Crippen LogP contribution in [0.2, 0.25) is 0 Å². The van der Waals surface area contributed by atoms with E-state index in [0.717, 1.165) is 5.56 Å². The van der Waals surface area contributed by atoms with Gasteiger partial charge in [-0.1, -0.05) is 26.8 Å². The first-order valence-corrected chi connectivity index (χ1v) is 7.62. The maximum atomic E-state index is 13.6. The summed E-state index contributed by atoms with van der Waals surface area (Å²) in [5, 5.41) is 12.3. The van der Waals surface area contributed by atoms with Gasteiger partial charge >= 0.3 is 5.97 Å². The Morgan fingerprint density at radius 3 is 2.55 bits per heavy atom. The summed E-state index contributed by atoms with van der Waals surface area (Å²) >= 11 is 0. The standard InChI is InChI=1S/C17H26FNO3/c1-11(2)7-15(17(20)21)19-10-12(3)8-13-5-6-16(22-4)14(18)9-13/h5-6,9,11-12,15,19H,7-8,10H2,1-4H3,(H,20,21)/t12?,15-/m1/s1. The zero-order valence-corrected chi connectivity index (χ0v) is 13.7. The van der Waals surface area contributed by atoms with E-state index in [4.69, 9.17) is 4.74 Å². The van der Waals surface area contributed by atoms with Crippen LogP contribution in [0, 0.1) is 17.7 Å². The first-order chi connectivity index (χ1) is 10.3. The van der Waals surface area contributed by atoms with Crippen LogP contribution in [0.4, 0.5) is 4.39 Å². The molecular weight excluding hydrogens is 285 g/mol. The predicted molar refractivity (Wildman–Crippen MR) is 84.7 cm³/mol. The van der Waals surface area contributed by atoms with Gasteiger partial charge in [0.2, 0.25) is 0 Å². The van der Waals surface area contributed by atoms with E-state index >= 15 is 0 Å². The number of nitrogens with one attached hydrogen (secondary N) is 1. The molecule has 1 aromatic rings. The van der Waals surface area contributed by atoms with Gasteiger partial charge in [-0.15, -0.1) is 0 Å². The van der Waals surface area contributed by atoms with E-state index in [2.05, 4.69) is 5.32 Å². The molecule has 0 saturated carbocycles. The van der Waals surface area contributed by atoms with E-state index in [1.165, 1.54) is 13.2 Å². The van der Waals surface area contributed by atoms with Crippen molar-refractivity contribution >= 4 is 5.97 Å². The number of methoxy groups -OCH3 is 1. The molecule has 5 heteroatoms. The molecular formula is C17H26FNO3. The lowest BCUT2D eigenvalue weighted by atomic mass is 9.99. The average molecular weight is 311 g/mol. The highest BCUT2D eigenvalue weighted by molar-refractivity contribution is 5.73. The van der Waals surface area contributed by atoms with Crippen molar-refractivity contribution in [3.05, 3.63) is 29.6 Å². The van der Waals surface area contributed by atoms with Crippen LogP contribution < -0.4 is 10.1 Å². The molecule has 1 aromatic carbocycles. The maximum absolute atomic E-state index is 13.6. The summed E-state index contributed by atoms with van der Waals surface area (Å²) in [7, 11) is 1.44. The lowest BCUT2D eigenvalue weighted by Crippen LogP contribution is -2.40. The molecule has 1 unspecified atom stereocenters. The van der Waals surface area contributed by atoms with Crippen molar-refractivity contribution in [2.45, 2.75) is 39.7 Å². The Morgan fingerprint density at radius 2 is 2.05 bits per heavy atom. The minimum Gasteiger partial charge on any atom is -0.494 e. The minimum atomic E-state index is -0.823. The highest BCUT2D eigenvalue weighted by Gasteiger charge is 2.19. The van der Waals surface area contributed by atoms with E-state index in [0.29, 0.717) is 25.3 Å². The van der Waals surface area contributed by atoms with Crippen LogP contribution in [-0.2, 0) is 11.2 Å².